The second-order valence-electron chi connectivity index (χ2n) is 5.72. The van der Waals surface area contributed by atoms with Crippen molar-refractivity contribution in [3.05, 3.63) is 23.8 Å². The summed E-state index contributed by atoms with van der Waals surface area (Å²) in [5.41, 5.74) is 2.83. The van der Waals surface area contributed by atoms with E-state index in [0.717, 1.165) is 19.3 Å². The van der Waals surface area contributed by atoms with E-state index in [1.54, 1.807) is 6.08 Å². The first-order valence-corrected chi connectivity index (χ1v) is 6.46. The fourth-order valence-corrected chi connectivity index (χ4v) is 3.40. The first-order chi connectivity index (χ1) is 7.99. The van der Waals surface area contributed by atoms with Crippen molar-refractivity contribution < 1.29 is 9.53 Å². The van der Waals surface area contributed by atoms with Gasteiger partial charge < -0.3 is 4.74 Å². The SMILES string of the molecule is C=C1[C@H]2CC[C@@H](C)[C@]1(C)CC/C2=C\C(=O)OC. The smallest absolute Gasteiger partial charge is 0.330 e. The molecule has 3 atom stereocenters. The van der Waals surface area contributed by atoms with E-state index < -0.39 is 0 Å². The van der Waals surface area contributed by atoms with Crippen molar-refractivity contribution in [2.45, 2.75) is 39.5 Å². The van der Waals surface area contributed by atoms with Gasteiger partial charge in [-0.1, -0.05) is 31.6 Å². The van der Waals surface area contributed by atoms with Crippen molar-refractivity contribution in [3.63, 3.8) is 0 Å². The summed E-state index contributed by atoms with van der Waals surface area (Å²) in [6.45, 7) is 8.98. The zero-order chi connectivity index (χ0) is 12.6. The maximum Gasteiger partial charge on any atom is 0.330 e. The Labute approximate surface area is 104 Å². The maximum absolute atomic E-state index is 11.4. The fraction of sp³-hybridized carbons (Fsp3) is 0.667. The van der Waals surface area contributed by atoms with Gasteiger partial charge in [-0.3, -0.25) is 0 Å². The molecule has 94 valence electrons. The molecule has 0 spiro atoms. The lowest BCUT2D eigenvalue weighted by Crippen LogP contribution is -2.40. The lowest BCUT2D eigenvalue weighted by molar-refractivity contribution is -0.134. The Morgan fingerprint density at radius 1 is 1.53 bits per heavy atom. The number of ether oxygens (including phenoxy) is 1. The normalized spacial score (nSPS) is 39.2. The molecule has 0 amide bonds. The van der Waals surface area contributed by atoms with Gasteiger partial charge in [0.05, 0.1) is 7.11 Å². The van der Waals surface area contributed by atoms with Gasteiger partial charge >= 0.3 is 5.97 Å². The Kier molecular flexibility index (Phi) is 3.15. The van der Waals surface area contributed by atoms with E-state index in [9.17, 15) is 4.79 Å². The standard InChI is InChI=1S/C15H22O2/c1-10-5-6-13-11(2)15(10,3)8-7-12(13)9-14(16)17-4/h9-10,13H,2,5-8H2,1,3-4H3/b12-9+/t10-,13-,15+/m1/s1. The Morgan fingerprint density at radius 2 is 2.24 bits per heavy atom. The van der Waals surface area contributed by atoms with Gasteiger partial charge in [0.25, 0.3) is 0 Å². The summed E-state index contributed by atoms with van der Waals surface area (Å²) in [6.07, 6.45) is 6.19. The summed E-state index contributed by atoms with van der Waals surface area (Å²) in [5, 5.41) is 0. The van der Waals surface area contributed by atoms with Crippen LogP contribution in [0.3, 0.4) is 0 Å². The summed E-state index contributed by atoms with van der Waals surface area (Å²) in [4.78, 5) is 11.4. The van der Waals surface area contributed by atoms with E-state index in [1.807, 2.05) is 0 Å². The highest BCUT2D eigenvalue weighted by molar-refractivity contribution is 5.83. The van der Waals surface area contributed by atoms with Crippen LogP contribution < -0.4 is 0 Å². The summed E-state index contributed by atoms with van der Waals surface area (Å²) >= 11 is 0. The van der Waals surface area contributed by atoms with Crippen LogP contribution in [0.25, 0.3) is 0 Å². The summed E-state index contributed by atoms with van der Waals surface area (Å²) < 4.78 is 4.73. The monoisotopic (exact) mass is 234 g/mol. The van der Waals surface area contributed by atoms with Crippen LogP contribution in [0, 0.1) is 17.3 Å². The van der Waals surface area contributed by atoms with E-state index in [-0.39, 0.29) is 11.4 Å². The molecule has 2 fully saturated rings. The fourth-order valence-electron chi connectivity index (χ4n) is 3.40. The van der Waals surface area contributed by atoms with Crippen LogP contribution >= 0.6 is 0 Å². The number of carbonyl (C=O) groups is 1. The molecule has 0 aliphatic heterocycles. The lowest BCUT2D eigenvalue weighted by atomic mass is 9.54. The Bertz CT molecular complexity index is 380. The molecular formula is C15H22O2. The maximum atomic E-state index is 11.4. The Morgan fingerprint density at radius 3 is 2.88 bits per heavy atom. The molecule has 0 aromatic carbocycles. The van der Waals surface area contributed by atoms with Crippen LogP contribution in [-0.4, -0.2) is 13.1 Å². The Balaban J connectivity index is 2.27. The number of fused-ring (bicyclic) bond motifs is 2. The lowest BCUT2D eigenvalue weighted by Gasteiger charge is -2.50. The number of carbonyl (C=O) groups excluding carboxylic acids is 1. The van der Waals surface area contributed by atoms with Gasteiger partial charge in [-0.05, 0) is 37.0 Å². The molecule has 2 nitrogen and oxygen atoms in total. The van der Waals surface area contributed by atoms with Crippen LogP contribution in [0.5, 0.6) is 0 Å². The predicted molar refractivity (Wildman–Crippen MR) is 68.5 cm³/mol. The third-order valence-electron chi connectivity index (χ3n) is 5.02. The van der Waals surface area contributed by atoms with Gasteiger partial charge in [0.2, 0.25) is 0 Å². The molecule has 0 heterocycles. The number of esters is 1. The van der Waals surface area contributed by atoms with E-state index >= 15 is 0 Å². The van der Waals surface area contributed by atoms with Gasteiger partial charge in [0.1, 0.15) is 0 Å². The van der Waals surface area contributed by atoms with Crippen molar-refractivity contribution in [3.8, 4) is 0 Å². The third-order valence-corrected chi connectivity index (χ3v) is 5.02. The molecule has 2 aliphatic rings. The van der Waals surface area contributed by atoms with E-state index in [0.29, 0.717) is 11.8 Å². The average Bonchev–Trinajstić information content (AvgIpc) is 2.31. The van der Waals surface area contributed by atoms with Crippen molar-refractivity contribution in [2.75, 3.05) is 7.11 Å². The highest BCUT2D eigenvalue weighted by atomic mass is 16.5. The molecule has 17 heavy (non-hydrogen) atoms. The summed E-state index contributed by atoms with van der Waals surface area (Å²) in [5.74, 6) is 0.894. The summed E-state index contributed by atoms with van der Waals surface area (Å²) in [6, 6.07) is 0. The van der Waals surface area contributed by atoms with Gasteiger partial charge in [0, 0.05) is 12.0 Å². The molecule has 2 bridgehead atoms. The van der Waals surface area contributed by atoms with Gasteiger partial charge in [0.15, 0.2) is 0 Å². The van der Waals surface area contributed by atoms with Crippen LogP contribution in [0.2, 0.25) is 0 Å². The molecule has 0 aromatic heterocycles. The molecule has 0 radical (unpaired) electrons. The van der Waals surface area contributed by atoms with Gasteiger partial charge in [-0.2, -0.15) is 0 Å². The average molecular weight is 234 g/mol. The third kappa shape index (κ3) is 1.94. The first-order valence-electron chi connectivity index (χ1n) is 6.46. The van der Waals surface area contributed by atoms with Crippen molar-refractivity contribution >= 4 is 5.97 Å². The van der Waals surface area contributed by atoms with E-state index in [1.165, 1.54) is 24.7 Å². The van der Waals surface area contributed by atoms with Gasteiger partial charge in [-0.15, -0.1) is 0 Å². The van der Waals surface area contributed by atoms with Gasteiger partial charge in [-0.25, -0.2) is 4.79 Å². The van der Waals surface area contributed by atoms with Crippen LogP contribution in [-0.2, 0) is 9.53 Å². The zero-order valence-electron chi connectivity index (χ0n) is 11.1. The van der Waals surface area contributed by atoms with E-state index in [2.05, 4.69) is 20.4 Å². The first kappa shape index (κ1) is 12.4. The molecule has 0 N–H and O–H groups in total. The quantitative estimate of drug-likeness (QED) is 0.394. The van der Waals surface area contributed by atoms with Crippen LogP contribution in [0.1, 0.15) is 39.5 Å². The molecule has 2 heteroatoms. The number of rotatable bonds is 1. The second kappa shape index (κ2) is 4.32. The number of hydrogen-bond acceptors (Lipinski definition) is 2. The molecule has 2 saturated carbocycles. The van der Waals surface area contributed by atoms with Crippen molar-refractivity contribution in [1.82, 2.24) is 0 Å². The minimum absolute atomic E-state index is 0.227. The largest absolute Gasteiger partial charge is 0.466 e. The van der Waals surface area contributed by atoms with Crippen LogP contribution in [0.4, 0.5) is 0 Å². The second-order valence-corrected chi connectivity index (χ2v) is 5.72. The highest BCUT2D eigenvalue weighted by Crippen LogP contribution is 2.56. The predicted octanol–water partition coefficient (Wildman–Crippen LogP) is 3.49. The van der Waals surface area contributed by atoms with E-state index in [4.69, 9.17) is 4.74 Å². The molecule has 0 aromatic rings. The van der Waals surface area contributed by atoms with Crippen LogP contribution in [0.15, 0.2) is 23.8 Å². The topological polar surface area (TPSA) is 26.3 Å². The number of methoxy groups -OCH3 is 1. The molecule has 2 rings (SSSR count). The Hall–Kier alpha value is -1.05. The molecule has 0 unspecified atom stereocenters. The van der Waals surface area contributed by atoms with Crippen molar-refractivity contribution in [2.24, 2.45) is 17.3 Å². The number of hydrogen-bond donors (Lipinski definition) is 0. The highest BCUT2D eigenvalue weighted by Gasteiger charge is 2.45. The molecule has 2 aliphatic carbocycles. The molecular weight excluding hydrogens is 212 g/mol. The number of allylic oxidation sites excluding steroid dienone is 2. The van der Waals surface area contributed by atoms with Crippen molar-refractivity contribution in [1.29, 1.82) is 0 Å². The minimum atomic E-state index is -0.227. The summed E-state index contributed by atoms with van der Waals surface area (Å²) in [7, 11) is 1.43. The minimum Gasteiger partial charge on any atom is -0.466 e. The molecule has 0 saturated heterocycles. The zero-order valence-corrected chi connectivity index (χ0v) is 11.1.